The second-order valence-corrected chi connectivity index (χ2v) is 5.14. The van der Waals surface area contributed by atoms with Gasteiger partial charge in [0.25, 0.3) is 0 Å². The van der Waals surface area contributed by atoms with Gasteiger partial charge in [-0.05, 0) is 44.2 Å². The van der Waals surface area contributed by atoms with Crippen LogP contribution in [-0.4, -0.2) is 21.3 Å². The Bertz CT molecular complexity index is 596. The Morgan fingerprint density at radius 3 is 2.48 bits per heavy atom. The first-order chi connectivity index (χ1) is 10.2. The number of ether oxygens (including phenoxy) is 2. The van der Waals surface area contributed by atoms with Crippen LogP contribution in [0.15, 0.2) is 42.5 Å². The molecule has 112 valence electrons. The fourth-order valence-electron chi connectivity index (χ4n) is 2.55. The molecule has 3 heteroatoms. The van der Waals surface area contributed by atoms with E-state index < -0.39 is 0 Å². The molecule has 2 rings (SSSR count). The summed E-state index contributed by atoms with van der Waals surface area (Å²) in [5.41, 5.74) is 3.69. The van der Waals surface area contributed by atoms with E-state index in [9.17, 15) is 0 Å². The topological polar surface area (TPSA) is 30.5 Å². The number of aryl methyl sites for hydroxylation is 1. The maximum absolute atomic E-state index is 5.49. The van der Waals surface area contributed by atoms with E-state index in [2.05, 4.69) is 36.5 Å². The Balaban J connectivity index is 2.32. The highest BCUT2D eigenvalue weighted by Gasteiger charge is 2.16. The molecule has 0 bridgehead atoms. The van der Waals surface area contributed by atoms with Gasteiger partial charge in [-0.1, -0.05) is 29.8 Å². The highest BCUT2D eigenvalue weighted by Crippen LogP contribution is 2.31. The van der Waals surface area contributed by atoms with Crippen LogP contribution in [0.2, 0.25) is 0 Å². The third-order valence-corrected chi connectivity index (χ3v) is 3.68. The number of hydrogen-bond acceptors (Lipinski definition) is 3. The van der Waals surface area contributed by atoms with Crippen LogP contribution in [0.5, 0.6) is 11.5 Å². The molecule has 1 atom stereocenters. The number of rotatable bonds is 6. The Labute approximate surface area is 126 Å². The minimum atomic E-state index is 0.178. The third kappa shape index (κ3) is 3.76. The fourth-order valence-corrected chi connectivity index (χ4v) is 2.55. The number of methoxy groups -OCH3 is 2. The van der Waals surface area contributed by atoms with Gasteiger partial charge in [0.15, 0.2) is 0 Å². The van der Waals surface area contributed by atoms with Crippen molar-refractivity contribution in [3.05, 3.63) is 59.2 Å². The van der Waals surface area contributed by atoms with Crippen LogP contribution in [-0.2, 0) is 6.42 Å². The molecule has 0 radical (unpaired) electrons. The van der Waals surface area contributed by atoms with Gasteiger partial charge in [0, 0.05) is 11.6 Å². The standard InChI is InChI=1S/C18H23NO2/c1-13-6-5-7-14(10-13)11-17(19-2)16-12-15(20-3)8-9-18(16)21-4/h5-10,12,17,19H,11H2,1-4H3. The summed E-state index contributed by atoms with van der Waals surface area (Å²) < 4.78 is 10.8. The molecule has 0 fully saturated rings. The van der Waals surface area contributed by atoms with E-state index in [0.29, 0.717) is 0 Å². The zero-order valence-corrected chi connectivity index (χ0v) is 13.1. The van der Waals surface area contributed by atoms with Gasteiger partial charge in [-0.15, -0.1) is 0 Å². The SMILES string of the molecule is CNC(Cc1cccc(C)c1)c1cc(OC)ccc1OC. The smallest absolute Gasteiger partial charge is 0.123 e. The number of hydrogen-bond donors (Lipinski definition) is 1. The molecule has 0 heterocycles. The predicted octanol–water partition coefficient (Wildman–Crippen LogP) is 3.52. The molecule has 2 aromatic carbocycles. The van der Waals surface area contributed by atoms with Crippen molar-refractivity contribution in [3.8, 4) is 11.5 Å². The van der Waals surface area contributed by atoms with Crippen molar-refractivity contribution in [1.82, 2.24) is 5.32 Å². The summed E-state index contributed by atoms with van der Waals surface area (Å²) in [5, 5.41) is 3.38. The van der Waals surface area contributed by atoms with Gasteiger partial charge < -0.3 is 14.8 Å². The van der Waals surface area contributed by atoms with E-state index in [0.717, 1.165) is 23.5 Å². The van der Waals surface area contributed by atoms with Crippen molar-refractivity contribution in [2.75, 3.05) is 21.3 Å². The first-order valence-electron chi connectivity index (χ1n) is 7.12. The molecular weight excluding hydrogens is 262 g/mol. The molecular formula is C18H23NO2. The van der Waals surface area contributed by atoms with Crippen LogP contribution < -0.4 is 14.8 Å². The molecule has 0 spiro atoms. The van der Waals surface area contributed by atoms with Gasteiger partial charge in [0.1, 0.15) is 11.5 Å². The Kier molecular flexibility index (Phi) is 5.23. The van der Waals surface area contributed by atoms with Gasteiger partial charge in [-0.2, -0.15) is 0 Å². The first kappa shape index (κ1) is 15.4. The zero-order valence-electron chi connectivity index (χ0n) is 13.1. The first-order valence-corrected chi connectivity index (χ1v) is 7.12. The maximum atomic E-state index is 5.49. The van der Waals surface area contributed by atoms with Gasteiger partial charge >= 0.3 is 0 Å². The van der Waals surface area contributed by atoms with Crippen molar-refractivity contribution >= 4 is 0 Å². The van der Waals surface area contributed by atoms with Crippen LogP contribution in [0.3, 0.4) is 0 Å². The van der Waals surface area contributed by atoms with Crippen molar-refractivity contribution in [2.45, 2.75) is 19.4 Å². The van der Waals surface area contributed by atoms with Crippen LogP contribution in [0.25, 0.3) is 0 Å². The Morgan fingerprint density at radius 2 is 1.86 bits per heavy atom. The molecule has 0 aromatic heterocycles. The summed E-state index contributed by atoms with van der Waals surface area (Å²) >= 11 is 0. The van der Waals surface area contributed by atoms with Crippen molar-refractivity contribution < 1.29 is 9.47 Å². The van der Waals surface area contributed by atoms with Crippen LogP contribution in [0.1, 0.15) is 22.7 Å². The number of likely N-dealkylation sites (N-methyl/N-ethyl adjacent to an activating group) is 1. The van der Waals surface area contributed by atoms with E-state index >= 15 is 0 Å². The Hall–Kier alpha value is -2.00. The minimum Gasteiger partial charge on any atom is -0.497 e. The summed E-state index contributed by atoms with van der Waals surface area (Å²) in [5.74, 6) is 1.72. The lowest BCUT2D eigenvalue weighted by molar-refractivity contribution is 0.391. The van der Waals surface area contributed by atoms with Crippen molar-refractivity contribution in [1.29, 1.82) is 0 Å². The monoisotopic (exact) mass is 285 g/mol. The molecule has 2 aromatic rings. The van der Waals surface area contributed by atoms with E-state index in [1.54, 1.807) is 14.2 Å². The molecule has 1 N–H and O–H groups in total. The van der Waals surface area contributed by atoms with Crippen molar-refractivity contribution in [2.24, 2.45) is 0 Å². The average Bonchev–Trinajstić information content (AvgIpc) is 2.52. The number of nitrogens with one attached hydrogen (secondary N) is 1. The van der Waals surface area contributed by atoms with Gasteiger partial charge in [-0.25, -0.2) is 0 Å². The zero-order chi connectivity index (χ0) is 15.2. The third-order valence-electron chi connectivity index (χ3n) is 3.68. The van der Waals surface area contributed by atoms with Gasteiger partial charge in [0.05, 0.1) is 14.2 Å². The van der Waals surface area contributed by atoms with Gasteiger partial charge in [0.2, 0.25) is 0 Å². The summed E-state index contributed by atoms with van der Waals surface area (Å²) in [6.07, 6.45) is 0.904. The second kappa shape index (κ2) is 7.14. The fraction of sp³-hybridized carbons (Fsp3) is 0.333. The predicted molar refractivity (Wildman–Crippen MR) is 86.2 cm³/mol. The summed E-state index contributed by atoms with van der Waals surface area (Å²) in [4.78, 5) is 0. The van der Waals surface area contributed by atoms with E-state index in [-0.39, 0.29) is 6.04 Å². The molecule has 0 saturated carbocycles. The Morgan fingerprint density at radius 1 is 1.05 bits per heavy atom. The molecule has 0 aliphatic heterocycles. The molecule has 0 amide bonds. The maximum Gasteiger partial charge on any atom is 0.123 e. The lowest BCUT2D eigenvalue weighted by Gasteiger charge is -2.20. The summed E-state index contributed by atoms with van der Waals surface area (Å²) in [7, 11) is 5.35. The highest BCUT2D eigenvalue weighted by atomic mass is 16.5. The second-order valence-electron chi connectivity index (χ2n) is 5.14. The normalized spacial score (nSPS) is 12.0. The van der Waals surface area contributed by atoms with E-state index in [1.807, 2.05) is 25.2 Å². The van der Waals surface area contributed by atoms with Gasteiger partial charge in [-0.3, -0.25) is 0 Å². The van der Waals surface area contributed by atoms with Crippen LogP contribution in [0, 0.1) is 6.92 Å². The van der Waals surface area contributed by atoms with Crippen LogP contribution in [0.4, 0.5) is 0 Å². The highest BCUT2D eigenvalue weighted by molar-refractivity contribution is 5.43. The molecule has 21 heavy (non-hydrogen) atoms. The summed E-state index contributed by atoms with van der Waals surface area (Å²) in [6.45, 7) is 2.12. The molecule has 3 nitrogen and oxygen atoms in total. The lowest BCUT2D eigenvalue weighted by atomic mass is 9.97. The average molecular weight is 285 g/mol. The molecule has 0 aliphatic carbocycles. The van der Waals surface area contributed by atoms with E-state index in [4.69, 9.17) is 9.47 Å². The summed E-state index contributed by atoms with van der Waals surface area (Å²) in [6, 6.07) is 14.7. The lowest BCUT2D eigenvalue weighted by Crippen LogP contribution is -2.19. The van der Waals surface area contributed by atoms with E-state index in [1.165, 1.54) is 11.1 Å². The number of benzene rings is 2. The molecule has 0 saturated heterocycles. The molecule has 1 unspecified atom stereocenters. The quantitative estimate of drug-likeness (QED) is 0.881. The molecule has 0 aliphatic rings. The van der Waals surface area contributed by atoms with Crippen LogP contribution >= 0.6 is 0 Å². The largest absolute Gasteiger partial charge is 0.497 e. The minimum absolute atomic E-state index is 0.178. The van der Waals surface area contributed by atoms with Crippen molar-refractivity contribution in [3.63, 3.8) is 0 Å².